The molecular formula is C27H26N4O4. The molecule has 0 saturated carbocycles. The van der Waals surface area contributed by atoms with E-state index in [0.29, 0.717) is 30.1 Å². The highest BCUT2D eigenvalue weighted by Crippen LogP contribution is 2.38. The molecule has 2 aromatic carbocycles. The molecule has 35 heavy (non-hydrogen) atoms. The Morgan fingerprint density at radius 1 is 1.17 bits per heavy atom. The van der Waals surface area contributed by atoms with E-state index >= 15 is 0 Å². The fourth-order valence-electron chi connectivity index (χ4n) is 3.80. The number of carbonyl (C=O) groups is 1. The number of anilines is 2. The maximum absolute atomic E-state index is 11.1. The van der Waals surface area contributed by atoms with Gasteiger partial charge < -0.3 is 14.1 Å². The zero-order valence-corrected chi connectivity index (χ0v) is 19.6. The Morgan fingerprint density at radius 3 is 2.74 bits per heavy atom. The molecule has 178 valence electrons. The number of hydrogen-bond acceptors (Lipinski definition) is 7. The minimum Gasteiger partial charge on any atom is -0.496 e. The van der Waals surface area contributed by atoms with Crippen LogP contribution in [0.25, 0.3) is 22.2 Å². The third-order valence-corrected chi connectivity index (χ3v) is 5.49. The van der Waals surface area contributed by atoms with Gasteiger partial charge in [-0.1, -0.05) is 24.1 Å². The molecule has 0 aliphatic rings. The van der Waals surface area contributed by atoms with Crippen molar-refractivity contribution in [1.82, 2.24) is 15.4 Å². The number of unbranched alkanes of at least 4 members (excludes halogenated alkanes) is 1. The first-order valence-electron chi connectivity index (χ1n) is 11.3. The third-order valence-electron chi connectivity index (χ3n) is 5.49. The van der Waals surface area contributed by atoms with E-state index in [2.05, 4.69) is 45.8 Å². The Bertz CT molecular complexity index is 1370. The molecule has 0 fully saturated rings. The van der Waals surface area contributed by atoms with E-state index in [9.17, 15) is 4.79 Å². The van der Waals surface area contributed by atoms with Crippen LogP contribution < -0.4 is 15.1 Å². The molecule has 2 heterocycles. The second-order valence-electron chi connectivity index (χ2n) is 7.70. The van der Waals surface area contributed by atoms with Gasteiger partial charge in [-0.05, 0) is 49.6 Å². The summed E-state index contributed by atoms with van der Waals surface area (Å²) in [4.78, 5) is 22.3. The summed E-state index contributed by atoms with van der Waals surface area (Å²) in [6.45, 7) is 2.82. The molecule has 0 saturated heterocycles. The molecule has 0 bridgehead atoms. The van der Waals surface area contributed by atoms with Gasteiger partial charge in [0, 0.05) is 36.5 Å². The molecule has 0 spiro atoms. The summed E-state index contributed by atoms with van der Waals surface area (Å²) >= 11 is 0. The van der Waals surface area contributed by atoms with Crippen molar-refractivity contribution < 1.29 is 19.2 Å². The molecule has 8 nitrogen and oxygen atoms in total. The smallest absolute Gasteiger partial charge is 0.243 e. The lowest BCUT2D eigenvalue weighted by molar-refractivity contribution is -0.129. The topological polar surface area (TPSA) is 101 Å². The molecule has 0 aliphatic heterocycles. The van der Waals surface area contributed by atoms with Crippen molar-refractivity contribution in [3.05, 3.63) is 66.7 Å². The van der Waals surface area contributed by atoms with Crippen molar-refractivity contribution >= 4 is 28.3 Å². The molecule has 0 atom stereocenters. The molecule has 2 N–H and O–H groups in total. The summed E-state index contributed by atoms with van der Waals surface area (Å²) in [5.74, 6) is 8.10. The maximum atomic E-state index is 11.1. The van der Waals surface area contributed by atoms with Crippen molar-refractivity contribution in [2.24, 2.45) is 0 Å². The number of furan rings is 1. The van der Waals surface area contributed by atoms with Crippen LogP contribution in [-0.4, -0.2) is 34.7 Å². The Morgan fingerprint density at radius 2 is 2.00 bits per heavy atom. The van der Waals surface area contributed by atoms with Crippen LogP contribution in [0.3, 0.4) is 0 Å². The number of hydroxylamine groups is 1. The SMILES string of the molecule is CCN(c1ccccc1)c1ncnc2cc(OC)c(-c3ccc(C#CCCCC(=O)NO)o3)cc12. The minimum absolute atomic E-state index is 0.213. The molecule has 0 radical (unpaired) electrons. The molecule has 1 amide bonds. The van der Waals surface area contributed by atoms with Gasteiger partial charge in [0.05, 0.1) is 18.2 Å². The summed E-state index contributed by atoms with van der Waals surface area (Å²) < 4.78 is 11.6. The number of para-hydroxylation sites is 1. The van der Waals surface area contributed by atoms with E-state index in [1.807, 2.05) is 36.4 Å². The number of fused-ring (bicyclic) bond motifs is 1. The van der Waals surface area contributed by atoms with Crippen molar-refractivity contribution in [3.63, 3.8) is 0 Å². The second-order valence-corrected chi connectivity index (χ2v) is 7.70. The predicted molar refractivity (Wildman–Crippen MR) is 134 cm³/mol. The molecule has 2 aromatic heterocycles. The number of nitrogens with zero attached hydrogens (tertiary/aromatic N) is 3. The van der Waals surface area contributed by atoms with Gasteiger partial charge in [0.2, 0.25) is 5.91 Å². The summed E-state index contributed by atoms with van der Waals surface area (Å²) in [7, 11) is 1.61. The Labute approximate surface area is 203 Å². The second kappa shape index (κ2) is 11.2. The van der Waals surface area contributed by atoms with Gasteiger partial charge >= 0.3 is 0 Å². The fraction of sp³-hybridized carbons (Fsp3) is 0.222. The summed E-state index contributed by atoms with van der Waals surface area (Å²) in [6, 6.07) is 17.6. The number of carbonyl (C=O) groups excluding carboxylic acids is 1. The first-order chi connectivity index (χ1) is 17.1. The predicted octanol–water partition coefficient (Wildman–Crippen LogP) is 5.08. The average Bonchev–Trinajstić information content (AvgIpc) is 3.37. The van der Waals surface area contributed by atoms with E-state index in [1.54, 1.807) is 25.0 Å². The van der Waals surface area contributed by atoms with E-state index in [1.165, 1.54) is 0 Å². The van der Waals surface area contributed by atoms with Crippen molar-refractivity contribution in [2.45, 2.75) is 26.2 Å². The van der Waals surface area contributed by atoms with Crippen molar-refractivity contribution in [2.75, 3.05) is 18.6 Å². The van der Waals surface area contributed by atoms with Crippen molar-refractivity contribution in [1.29, 1.82) is 0 Å². The molecular weight excluding hydrogens is 444 g/mol. The van der Waals surface area contributed by atoms with Gasteiger partial charge in [0.25, 0.3) is 0 Å². The summed E-state index contributed by atoms with van der Waals surface area (Å²) in [6.07, 6.45) is 2.83. The average molecular weight is 471 g/mol. The van der Waals surface area contributed by atoms with E-state index in [0.717, 1.165) is 34.5 Å². The van der Waals surface area contributed by atoms with E-state index in [4.69, 9.17) is 14.4 Å². The van der Waals surface area contributed by atoms with Crippen LogP contribution in [0.5, 0.6) is 5.75 Å². The van der Waals surface area contributed by atoms with Crippen LogP contribution in [0.15, 0.2) is 65.3 Å². The Hall–Kier alpha value is -4.35. The van der Waals surface area contributed by atoms with E-state index < -0.39 is 5.91 Å². The van der Waals surface area contributed by atoms with Crippen LogP contribution in [0.4, 0.5) is 11.5 Å². The van der Waals surface area contributed by atoms with Crippen LogP contribution in [0.1, 0.15) is 31.9 Å². The molecule has 8 heteroatoms. The van der Waals surface area contributed by atoms with Crippen molar-refractivity contribution in [3.8, 4) is 28.9 Å². The Kier molecular flexibility index (Phi) is 7.60. The van der Waals surface area contributed by atoms with Crippen LogP contribution >= 0.6 is 0 Å². The number of rotatable bonds is 8. The summed E-state index contributed by atoms with van der Waals surface area (Å²) in [5.41, 5.74) is 4.19. The standard InChI is InChI=1S/C27H26N4O4/c1-3-31(19-10-6-4-7-11-19)27-21-16-22(25(34-2)17-23(21)28-18-29-27)24-15-14-20(35-24)12-8-5-9-13-26(32)30-33/h4,6-7,10-11,14-18,33H,3,5,9,13H2,1-2H3,(H,30,32). The molecule has 4 aromatic rings. The lowest BCUT2D eigenvalue weighted by Crippen LogP contribution is -2.17. The first kappa shape index (κ1) is 23.8. The normalized spacial score (nSPS) is 10.5. The number of nitrogens with one attached hydrogen (secondary N) is 1. The zero-order valence-electron chi connectivity index (χ0n) is 19.6. The van der Waals surface area contributed by atoms with Crippen LogP contribution in [0.2, 0.25) is 0 Å². The molecule has 0 aliphatic carbocycles. The fourth-order valence-corrected chi connectivity index (χ4v) is 3.80. The number of aromatic nitrogens is 2. The minimum atomic E-state index is -0.423. The quantitative estimate of drug-likeness (QED) is 0.160. The highest BCUT2D eigenvalue weighted by molar-refractivity contribution is 5.96. The third kappa shape index (κ3) is 5.42. The molecule has 4 rings (SSSR count). The van der Waals surface area contributed by atoms with Gasteiger partial charge in [0.15, 0.2) is 5.76 Å². The van der Waals surface area contributed by atoms with Crippen LogP contribution in [0, 0.1) is 11.8 Å². The number of benzene rings is 2. The molecule has 0 unspecified atom stereocenters. The van der Waals surface area contributed by atoms with Gasteiger partial charge in [-0.25, -0.2) is 15.4 Å². The Balaban J connectivity index is 1.67. The number of ether oxygens (including phenoxy) is 1. The monoisotopic (exact) mass is 470 g/mol. The van der Waals surface area contributed by atoms with Gasteiger partial charge in [0.1, 0.15) is 23.7 Å². The highest BCUT2D eigenvalue weighted by atomic mass is 16.5. The number of methoxy groups -OCH3 is 1. The number of hydrogen-bond donors (Lipinski definition) is 2. The largest absolute Gasteiger partial charge is 0.496 e. The van der Waals surface area contributed by atoms with Gasteiger partial charge in [-0.15, -0.1) is 0 Å². The lowest BCUT2D eigenvalue weighted by atomic mass is 10.1. The summed E-state index contributed by atoms with van der Waals surface area (Å²) in [5, 5.41) is 9.41. The van der Waals surface area contributed by atoms with Gasteiger partial charge in [-0.2, -0.15) is 0 Å². The number of amides is 1. The van der Waals surface area contributed by atoms with Gasteiger partial charge in [-0.3, -0.25) is 10.0 Å². The zero-order chi connectivity index (χ0) is 24.6. The first-order valence-corrected chi connectivity index (χ1v) is 11.3. The highest BCUT2D eigenvalue weighted by Gasteiger charge is 2.18. The maximum Gasteiger partial charge on any atom is 0.243 e. The van der Waals surface area contributed by atoms with Crippen LogP contribution in [-0.2, 0) is 4.79 Å². The lowest BCUT2D eigenvalue weighted by Gasteiger charge is -2.23. The van der Waals surface area contributed by atoms with E-state index in [-0.39, 0.29) is 6.42 Å².